The summed E-state index contributed by atoms with van der Waals surface area (Å²) in [4.78, 5) is 17.9. The second-order valence-electron chi connectivity index (χ2n) is 23.9. The lowest BCUT2D eigenvalue weighted by atomic mass is 9.99. The fourth-order valence-corrected chi connectivity index (χ4v) is 12.5. The average Bonchev–Trinajstić information content (AvgIpc) is 1.62. The average molecular weight is 1330 g/mol. The molecule has 0 radical (unpaired) electrons. The van der Waals surface area contributed by atoms with Crippen LogP contribution in [0.25, 0.3) is 90.9 Å². The second-order valence-corrected chi connectivity index (χ2v) is 23.9. The van der Waals surface area contributed by atoms with E-state index in [1.165, 1.54) is 0 Å². The molecule has 506 valence electrons. The van der Waals surface area contributed by atoms with Crippen molar-refractivity contribution < 1.29 is 120 Å². The maximum Gasteiger partial charge on any atom is 0.229 e. The largest absolute Gasteiger partial charge is 0.462 e. The lowest BCUT2D eigenvalue weighted by Crippen LogP contribution is -2.60. The maximum absolute atomic E-state index is 11.1. The number of fused-ring (bicyclic) bond motifs is 8. The van der Waals surface area contributed by atoms with E-state index < -0.39 is 149 Å². The second kappa shape index (κ2) is 27.8. The van der Waals surface area contributed by atoms with Gasteiger partial charge in [0.05, 0.1) is 49.2 Å². The number of nitrogens with one attached hydrogen (secondary N) is 2. The highest BCUT2D eigenvalue weighted by Gasteiger charge is 2.48. The molecule has 4 fully saturated rings. The van der Waals surface area contributed by atoms with Gasteiger partial charge in [-0.3, -0.25) is 0 Å². The van der Waals surface area contributed by atoms with Crippen LogP contribution in [-0.2, 0) is 18.9 Å². The van der Waals surface area contributed by atoms with Gasteiger partial charge in [-0.1, -0.05) is 48.5 Å². The van der Waals surface area contributed by atoms with Crippen molar-refractivity contribution >= 4 is 46.4 Å². The molecule has 6 aliphatic rings. The van der Waals surface area contributed by atoms with Gasteiger partial charge in [-0.25, -0.2) is 9.97 Å². The first-order chi connectivity index (χ1) is 46.3. The van der Waals surface area contributed by atoms with E-state index in [1.54, 1.807) is 146 Å². The Labute approximate surface area is 544 Å². The van der Waals surface area contributed by atoms with Gasteiger partial charge in [0.15, 0.2) is 0 Å². The molecule has 3 aromatic heterocycles. The molecule has 96 heavy (non-hydrogen) atoms. The molecule has 4 aromatic carbocycles. The van der Waals surface area contributed by atoms with Crippen molar-refractivity contribution in [3.05, 3.63) is 144 Å². The molecule has 28 heteroatoms. The molecular formula is C68H70N4O24. The van der Waals surface area contributed by atoms with E-state index >= 15 is 0 Å². The van der Waals surface area contributed by atoms with E-state index in [9.17, 15) is 81.7 Å². The lowest BCUT2D eigenvalue weighted by molar-refractivity contribution is -0.277. The molecule has 28 nitrogen and oxygen atoms in total. The summed E-state index contributed by atoms with van der Waals surface area (Å²) in [5.74, 6) is 0.528. The van der Waals surface area contributed by atoms with E-state index in [0.29, 0.717) is 89.4 Å². The minimum atomic E-state index is -1.74. The highest BCUT2D eigenvalue weighted by molar-refractivity contribution is 6.00. The highest BCUT2D eigenvalue weighted by Crippen LogP contribution is 2.42. The SMILES string of the molecule is OCC1O[C@@H](Oc2cccc(-c3c4nc(c(-c5cccc(O[C@@H]6OC(CO)[C@H](O)[C@H](O)C6O)c5)c5ccc([nH]5)c(-c5cccc(O[C@@H]6OC(CO)[C@H](O)[C@H](O)C6O)c5)c5nc(c(-c6cccc(OC7O[C@H](CO)C(O)[C@@H](O)[C@H]7O)c6)c6ccc3[nH]6)C=C5)C=C4)c2)C(O)[C@@H](O)[C@H]1O. The Bertz CT molecular complexity index is 3680. The zero-order valence-electron chi connectivity index (χ0n) is 50.5. The molecule has 9 heterocycles. The molecule has 13 rings (SSSR count). The molecule has 7 aromatic rings. The topological polar surface area (TPSA) is 455 Å². The number of hydrogen-bond acceptors (Lipinski definition) is 26. The van der Waals surface area contributed by atoms with Gasteiger partial charge in [0.1, 0.15) is 121 Å². The van der Waals surface area contributed by atoms with Crippen LogP contribution < -0.4 is 18.9 Å². The Morgan fingerprint density at radius 1 is 0.292 bits per heavy atom. The minimum absolute atomic E-state index is 0.132. The molecule has 18 N–H and O–H groups in total. The number of nitrogens with zero attached hydrogens (tertiary/aromatic N) is 2. The number of aliphatic hydroxyl groups excluding tert-OH is 16. The van der Waals surface area contributed by atoms with Crippen LogP contribution in [0, 0.1) is 0 Å². The van der Waals surface area contributed by atoms with Crippen molar-refractivity contribution in [2.45, 2.75) is 123 Å². The van der Waals surface area contributed by atoms with E-state index in [1.807, 2.05) is 0 Å². The van der Waals surface area contributed by atoms with Crippen molar-refractivity contribution in [2.75, 3.05) is 26.4 Å². The van der Waals surface area contributed by atoms with Gasteiger partial charge < -0.3 is 130 Å². The molecule has 0 amide bonds. The Morgan fingerprint density at radius 3 is 0.719 bits per heavy atom. The molecule has 0 spiro atoms. The van der Waals surface area contributed by atoms with Gasteiger partial charge >= 0.3 is 0 Å². The molecule has 4 saturated heterocycles. The van der Waals surface area contributed by atoms with Crippen molar-refractivity contribution in [3.63, 3.8) is 0 Å². The van der Waals surface area contributed by atoms with E-state index in [4.69, 9.17) is 47.9 Å². The third-order valence-corrected chi connectivity index (χ3v) is 17.6. The summed E-state index contributed by atoms with van der Waals surface area (Å²) in [6.45, 7) is -2.79. The number of hydrogen-bond donors (Lipinski definition) is 18. The summed E-state index contributed by atoms with van der Waals surface area (Å²) >= 11 is 0. The van der Waals surface area contributed by atoms with Crippen LogP contribution in [0.2, 0.25) is 0 Å². The zero-order valence-corrected chi connectivity index (χ0v) is 50.5. The van der Waals surface area contributed by atoms with Crippen LogP contribution in [0.1, 0.15) is 22.8 Å². The van der Waals surface area contributed by atoms with Crippen LogP contribution in [0.4, 0.5) is 0 Å². The normalized spacial score (nSPS) is 31.2. The first-order valence-corrected chi connectivity index (χ1v) is 30.8. The van der Waals surface area contributed by atoms with Gasteiger partial charge in [-0.05, 0) is 119 Å². The van der Waals surface area contributed by atoms with Gasteiger partial charge in [-0.15, -0.1) is 0 Å². The maximum atomic E-state index is 11.1. The third-order valence-electron chi connectivity index (χ3n) is 17.6. The summed E-state index contributed by atoms with van der Waals surface area (Å²) in [5, 5.41) is 169. The summed E-state index contributed by atoms with van der Waals surface area (Å²) in [6, 6.07) is 33.9. The van der Waals surface area contributed by atoms with Crippen LogP contribution in [0.15, 0.2) is 121 Å². The van der Waals surface area contributed by atoms with Crippen molar-refractivity contribution in [3.8, 4) is 67.5 Å². The molecule has 0 saturated carbocycles. The Morgan fingerprint density at radius 2 is 0.510 bits per heavy atom. The van der Waals surface area contributed by atoms with E-state index in [-0.39, 0.29) is 23.0 Å². The van der Waals surface area contributed by atoms with E-state index in [0.717, 1.165) is 0 Å². The molecule has 8 unspecified atom stereocenters. The number of benzene rings is 4. The molecule has 6 aliphatic heterocycles. The monoisotopic (exact) mass is 1330 g/mol. The Kier molecular flexibility index (Phi) is 19.2. The molecule has 20 atom stereocenters. The van der Waals surface area contributed by atoms with Crippen molar-refractivity contribution in [1.29, 1.82) is 0 Å². The van der Waals surface area contributed by atoms with Gasteiger partial charge in [0.2, 0.25) is 25.2 Å². The van der Waals surface area contributed by atoms with Gasteiger partial charge in [0, 0.05) is 44.3 Å². The van der Waals surface area contributed by atoms with Gasteiger partial charge in [0.25, 0.3) is 0 Å². The fraction of sp³-hybridized carbons (Fsp3) is 0.353. The quantitative estimate of drug-likeness (QED) is 0.0607. The number of ether oxygens (including phenoxy) is 8. The smallest absolute Gasteiger partial charge is 0.229 e. The van der Waals surface area contributed by atoms with Crippen LogP contribution in [-0.4, -0.2) is 251 Å². The zero-order chi connectivity index (χ0) is 67.4. The first-order valence-electron chi connectivity index (χ1n) is 30.8. The standard InChI is InChI=1S/C68H70N4O24/c73-25-45-53(77)57(81)61(85)65(93-45)89-33-9-1-5-29(21-33)49-37-13-15-39(69-37)50(30-6-2-10-34(22-30)90-66-62(86)58(82)54(78)46(26-74)94-66)41-17-19-43(71-41)52(32-8-4-12-36(24-32)92-68-64(88)60(84)56(80)48(28-76)96-68)44-20-18-42(72-44)51(40-16-14-38(49)70-40)31-7-3-11-35(23-31)91-67-63(87)59(83)55(79)47(27-75)95-67/h1-24,45-48,53-69,72-88H,25-28H2/t45-,46?,47?,48?,53?,54+,55+,56+,57-,58+,59+,60+,61-,62?,63?,64?,65?,66-,67-,68-/m1/s1. The van der Waals surface area contributed by atoms with Crippen LogP contribution in [0.5, 0.6) is 23.0 Å². The number of aliphatic hydroxyl groups is 16. The van der Waals surface area contributed by atoms with Gasteiger partial charge in [-0.2, -0.15) is 0 Å². The summed E-state index contributed by atoms with van der Waals surface area (Å²) in [6.07, 6.45) is -24.7. The predicted octanol–water partition coefficient (Wildman–Crippen LogP) is 0.0384. The van der Waals surface area contributed by atoms with Crippen molar-refractivity contribution in [2.24, 2.45) is 0 Å². The fourth-order valence-electron chi connectivity index (χ4n) is 12.5. The van der Waals surface area contributed by atoms with Crippen LogP contribution >= 0.6 is 0 Å². The summed E-state index contributed by atoms with van der Waals surface area (Å²) < 4.78 is 47.6. The Balaban J connectivity index is 1.03. The number of rotatable bonds is 16. The summed E-state index contributed by atoms with van der Waals surface area (Å²) in [5.41, 5.74) is 7.20. The number of H-pyrrole nitrogens is 2. The molecule has 0 aliphatic carbocycles. The molecule has 8 bridgehead atoms. The number of aromatic nitrogens is 4. The number of aromatic amines is 2. The Hall–Kier alpha value is -8.12. The van der Waals surface area contributed by atoms with E-state index in [2.05, 4.69) is 9.97 Å². The summed E-state index contributed by atoms with van der Waals surface area (Å²) in [7, 11) is 0. The first kappa shape index (κ1) is 66.5. The van der Waals surface area contributed by atoms with Crippen LogP contribution in [0.3, 0.4) is 0 Å². The highest BCUT2D eigenvalue weighted by atomic mass is 16.7. The molecular weight excluding hydrogens is 1260 g/mol. The third kappa shape index (κ3) is 12.8. The lowest BCUT2D eigenvalue weighted by Gasteiger charge is -2.39. The van der Waals surface area contributed by atoms with Crippen molar-refractivity contribution in [1.82, 2.24) is 19.9 Å². The predicted molar refractivity (Wildman–Crippen MR) is 338 cm³/mol. The minimum Gasteiger partial charge on any atom is -0.462 e.